The Bertz CT molecular complexity index is 2240. The second-order valence-electron chi connectivity index (χ2n) is 10.1. The molecule has 0 N–H and O–H groups in total. The summed E-state index contributed by atoms with van der Waals surface area (Å²) in [5, 5.41) is 5.24. The van der Waals surface area contributed by atoms with Gasteiger partial charge in [0, 0.05) is 49.9 Å². The molecule has 8 aromatic rings. The van der Waals surface area contributed by atoms with Gasteiger partial charge in [0.05, 0.1) is 32.8 Å². The van der Waals surface area contributed by atoms with Gasteiger partial charge in [-0.3, -0.25) is 4.98 Å². The lowest BCUT2D eigenvalue weighted by Gasteiger charge is -2.33. The van der Waals surface area contributed by atoms with E-state index >= 15 is 0 Å². The highest BCUT2D eigenvalue weighted by atomic mass is 32.1. The Hall–Kier alpha value is -4.93. The zero-order valence-electron chi connectivity index (χ0n) is 20.9. The Kier molecular flexibility index (Phi) is 4.21. The summed E-state index contributed by atoms with van der Waals surface area (Å²) in [5.74, 6) is 0. The zero-order chi connectivity index (χ0) is 25.5. The molecule has 0 saturated carbocycles. The van der Waals surface area contributed by atoms with Crippen LogP contribution in [0.1, 0.15) is 0 Å². The standard InChI is InChI=1S/C35H21N3S/c1-4-16-32-25(11-1)28-18-17-27-26-12-6-15-31-33(26)38(34(27)35(28)39-32)30-14-3-2-13-29(30)37(31)24-10-5-8-22(20-24)23-9-7-19-36-21-23/h1-21H. The lowest BCUT2D eigenvalue weighted by molar-refractivity contribution is 1.12. The quantitative estimate of drug-likeness (QED) is 0.228. The van der Waals surface area contributed by atoms with E-state index in [2.05, 4.69) is 124 Å². The number of hydrogen-bond donors (Lipinski definition) is 0. The van der Waals surface area contributed by atoms with E-state index in [-0.39, 0.29) is 0 Å². The Morgan fingerprint density at radius 2 is 1.28 bits per heavy atom. The molecule has 39 heavy (non-hydrogen) atoms. The van der Waals surface area contributed by atoms with Crippen molar-refractivity contribution in [3.63, 3.8) is 0 Å². The van der Waals surface area contributed by atoms with E-state index in [9.17, 15) is 0 Å². The molecule has 0 aliphatic carbocycles. The number of fused-ring (bicyclic) bond motifs is 9. The minimum Gasteiger partial charge on any atom is -0.306 e. The number of anilines is 3. The third-order valence-electron chi connectivity index (χ3n) is 7.98. The van der Waals surface area contributed by atoms with Crippen molar-refractivity contribution in [3.05, 3.63) is 128 Å². The molecule has 0 spiro atoms. The highest BCUT2D eigenvalue weighted by Gasteiger charge is 2.29. The topological polar surface area (TPSA) is 21.1 Å². The number of nitrogens with zero attached hydrogens (tertiary/aromatic N) is 3. The van der Waals surface area contributed by atoms with Crippen molar-refractivity contribution in [2.45, 2.75) is 0 Å². The molecule has 9 rings (SSSR count). The van der Waals surface area contributed by atoms with Gasteiger partial charge < -0.3 is 9.47 Å². The van der Waals surface area contributed by atoms with Crippen molar-refractivity contribution in [1.29, 1.82) is 0 Å². The van der Waals surface area contributed by atoms with Crippen molar-refractivity contribution in [2.24, 2.45) is 0 Å². The highest BCUT2D eigenvalue weighted by Crippen LogP contribution is 2.52. The van der Waals surface area contributed by atoms with Gasteiger partial charge in [-0.15, -0.1) is 11.3 Å². The smallest absolute Gasteiger partial charge is 0.0783 e. The van der Waals surface area contributed by atoms with E-state index in [0.29, 0.717) is 0 Å². The average Bonchev–Trinajstić information content (AvgIpc) is 3.55. The van der Waals surface area contributed by atoms with Crippen LogP contribution in [-0.2, 0) is 0 Å². The maximum atomic E-state index is 4.35. The van der Waals surface area contributed by atoms with E-state index in [4.69, 9.17) is 0 Å². The number of aromatic nitrogens is 2. The van der Waals surface area contributed by atoms with E-state index in [1.54, 1.807) is 0 Å². The first-order chi connectivity index (χ1) is 19.4. The Morgan fingerprint density at radius 1 is 0.538 bits per heavy atom. The molecular weight excluding hydrogens is 494 g/mol. The summed E-state index contributed by atoms with van der Waals surface area (Å²) in [7, 11) is 0. The minimum absolute atomic E-state index is 1.11. The molecule has 0 unspecified atom stereocenters. The van der Waals surface area contributed by atoms with Gasteiger partial charge in [0.25, 0.3) is 0 Å². The molecular formula is C35H21N3S. The van der Waals surface area contributed by atoms with Crippen LogP contribution in [0, 0.1) is 0 Å². The molecule has 1 aliphatic rings. The number of para-hydroxylation sites is 3. The summed E-state index contributed by atoms with van der Waals surface area (Å²) in [4.78, 5) is 6.76. The van der Waals surface area contributed by atoms with Gasteiger partial charge in [-0.2, -0.15) is 0 Å². The van der Waals surface area contributed by atoms with E-state index in [0.717, 1.165) is 16.8 Å². The van der Waals surface area contributed by atoms with Crippen LogP contribution in [0.25, 0.3) is 58.8 Å². The number of hydrogen-bond acceptors (Lipinski definition) is 3. The number of rotatable bonds is 2. The molecule has 0 atom stereocenters. The molecule has 1 aliphatic heterocycles. The predicted octanol–water partition coefficient (Wildman–Crippen LogP) is 10.00. The zero-order valence-corrected chi connectivity index (χ0v) is 21.7. The van der Waals surface area contributed by atoms with Crippen molar-refractivity contribution in [3.8, 4) is 16.8 Å². The molecule has 182 valence electrons. The molecule has 0 saturated heterocycles. The van der Waals surface area contributed by atoms with Gasteiger partial charge in [-0.25, -0.2) is 0 Å². The number of benzene rings is 5. The minimum atomic E-state index is 1.11. The molecule has 4 heteroatoms. The monoisotopic (exact) mass is 515 g/mol. The van der Waals surface area contributed by atoms with Crippen LogP contribution in [0.3, 0.4) is 0 Å². The summed E-state index contributed by atoms with van der Waals surface area (Å²) in [6, 6.07) is 41.8. The fraction of sp³-hybridized carbons (Fsp3) is 0. The van der Waals surface area contributed by atoms with Crippen molar-refractivity contribution < 1.29 is 0 Å². The Morgan fingerprint density at radius 3 is 2.21 bits per heavy atom. The van der Waals surface area contributed by atoms with Crippen LogP contribution in [-0.4, -0.2) is 9.55 Å². The SMILES string of the molecule is c1cncc(-c2cccc(N3c4ccccc4-n4c5c3cccc5c3ccc5c6ccccc6sc5c34)c2)c1. The first kappa shape index (κ1) is 21.1. The van der Waals surface area contributed by atoms with E-state index in [1.165, 1.54) is 59.0 Å². The second-order valence-corrected chi connectivity index (χ2v) is 11.1. The molecule has 0 radical (unpaired) electrons. The van der Waals surface area contributed by atoms with Crippen LogP contribution < -0.4 is 4.90 Å². The Balaban J connectivity index is 1.40. The van der Waals surface area contributed by atoms with Gasteiger partial charge in [0.1, 0.15) is 0 Å². The van der Waals surface area contributed by atoms with Crippen LogP contribution in [0.15, 0.2) is 128 Å². The summed E-state index contributed by atoms with van der Waals surface area (Å²) in [6.07, 6.45) is 3.75. The third-order valence-corrected chi connectivity index (χ3v) is 9.17. The molecule has 3 aromatic heterocycles. The molecule has 0 bridgehead atoms. The van der Waals surface area contributed by atoms with Gasteiger partial charge in [0.15, 0.2) is 0 Å². The Labute approximate surface area is 228 Å². The lowest BCUT2D eigenvalue weighted by atomic mass is 10.0. The van der Waals surface area contributed by atoms with Crippen molar-refractivity contribution in [2.75, 3.05) is 4.90 Å². The van der Waals surface area contributed by atoms with Gasteiger partial charge >= 0.3 is 0 Å². The molecule has 4 heterocycles. The molecule has 0 fully saturated rings. The molecule has 5 aromatic carbocycles. The predicted molar refractivity (Wildman–Crippen MR) is 165 cm³/mol. The molecule has 0 amide bonds. The first-order valence-corrected chi connectivity index (χ1v) is 14.0. The van der Waals surface area contributed by atoms with Gasteiger partial charge in [-0.05, 0) is 48.0 Å². The average molecular weight is 516 g/mol. The van der Waals surface area contributed by atoms with E-state index < -0.39 is 0 Å². The van der Waals surface area contributed by atoms with Crippen LogP contribution in [0.4, 0.5) is 17.1 Å². The maximum absolute atomic E-state index is 4.35. The van der Waals surface area contributed by atoms with Crippen LogP contribution in [0.5, 0.6) is 0 Å². The van der Waals surface area contributed by atoms with Crippen LogP contribution >= 0.6 is 11.3 Å². The van der Waals surface area contributed by atoms with E-state index in [1.807, 2.05) is 29.8 Å². The summed E-state index contributed by atoms with van der Waals surface area (Å²) >= 11 is 1.90. The van der Waals surface area contributed by atoms with Gasteiger partial charge in [-0.1, -0.05) is 72.8 Å². The van der Waals surface area contributed by atoms with Crippen LogP contribution in [0.2, 0.25) is 0 Å². The number of thiophene rings is 1. The van der Waals surface area contributed by atoms with Crippen molar-refractivity contribution >= 4 is 70.4 Å². The van der Waals surface area contributed by atoms with Gasteiger partial charge in [0.2, 0.25) is 0 Å². The summed E-state index contributed by atoms with van der Waals surface area (Å²) in [5.41, 5.74) is 9.53. The second kappa shape index (κ2) is 7.79. The molecule has 3 nitrogen and oxygen atoms in total. The highest BCUT2D eigenvalue weighted by molar-refractivity contribution is 7.26. The largest absolute Gasteiger partial charge is 0.306 e. The fourth-order valence-corrected chi connectivity index (χ4v) is 7.58. The fourth-order valence-electron chi connectivity index (χ4n) is 6.34. The first-order valence-electron chi connectivity index (χ1n) is 13.1. The summed E-state index contributed by atoms with van der Waals surface area (Å²) in [6.45, 7) is 0. The maximum Gasteiger partial charge on any atom is 0.0783 e. The lowest BCUT2D eigenvalue weighted by Crippen LogP contribution is -2.18. The summed E-state index contributed by atoms with van der Waals surface area (Å²) < 4.78 is 5.18. The third kappa shape index (κ3) is 2.84. The number of pyridine rings is 1. The normalized spacial score (nSPS) is 12.6. The van der Waals surface area contributed by atoms with Crippen molar-refractivity contribution in [1.82, 2.24) is 9.55 Å².